The van der Waals surface area contributed by atoms with Gasteiger partial charge in [0.1, 0.15) is 6.04 Å². The quantitative estimate of drug-likeness (QED) is 0.589. The third kappa shape index (κ3) is 3.33. The number of anilines is 1. The van der Waals surface area contributed by atoms with Crippen molar-refractivity contribution in [2.45, 2.75) is 48.8 Å². The number of hydrogen-bond donors (Lipinski definition) is 3. The molecular weight excluding hydrogens is 450 g/mol. The van der Waals surface area contributed by atoms with Gasteiger partial charge >= 0.3 is 0 Å². The van der Waals surface area contributed by atoms with Gasteiger partial charge in [0.15, 0.2) is 0 Å². The maximum atomic E-state index is 13.9. The summed E-state index contributed by atoms with van der Waals surface area (Å²) in [6.45, 7) is 3.66. The van der Waals surface area contributed by atoms with Gasteiger partial charge in [-0.1, -0.05) is 44.2 Å². The lowest BCUT2D eigenvalue weighted by Gasteiger charge is -2.38. The molecule has 3 heterocycles. The second-order valence-electron chi connectivity index (χ2n) is 9.96. The van der Waals surface area contributed by atoms with Crippen LogP contribution in [0.4, 0.5) is 5.69 Å². The van der Waals surface area contributed by atoms with E-state index in [-0.39, 0.29) is 35.5 Å². The van der Waals surface area contributed by atoms with E-state index < -0.39 is 28.7 Å². The molecule has 0 saturated carbocycles. The number of likely N-dealkylation sites (tertiary alicyclic amines) is 1. The predicted octanol–water partition coefficient (Wildman–Crippen LogP) is 2.63. The second-order valence-corrected chi connectivity index (χ2v) is 11.6. The van der Waals surface area contributed by atoms with E-state index in [1.807, 2.05) is 56.3 Å². The van der Waals surface area contributed by atoms with Gasteiger partial charge in [0.25, 0.3) is 0 Å². The fraction of sp³-hybridized carbons (Fsp3) is 0.500. The molecule has 3 saturated heterocycles. The van der Waals surface area contributed by atoms with Crippen LogP contribution in [0.3, 0.4) is 0 Å². The fourth-order valence-corrected chi connectivity index (χ4v) is 8.52. The summed E-state index contributed by atoms with van der Waals surface area (Å²) in [5.74, 6) is -1.63. The van der Waals surface area contributed by atoms with E-state index >= 15 is 0 Å². The molecule has 0 aromatic heterocycles. The Morgan fingerprint density at radius 2 is 1.91 bits per heavy atom. The molecular formula is C26H31N3O4S. The summed E-state index contributed by atoms with van der Waals surface area (Å²) >= 11 is 1.63. The van der Waals surface area contributed by atoms with Crippen molar-refractivity contribution in [2.75, 3.05) is 19.0 Å². The van der Waals surface area contributed by atoms with Crippen molar-refractivity contribution in [2.24, 2.45) is 17.8 Å². The smallest absolute Gasteiger partial charge is 0.248 e. The Kier molecular flexibility index (Phi) is 5.84. The van der Waals surface area contributed by atoms with E-state index in [0.717, 1.165) is 17.2 Å². The maximum Gasteiger partial charge on any atom is 0.248 e. The highest BCUT2D eigenvalue weighted by molar-refractivity contribution is 8.02. The molecule has 3 aliphatic heterocycles. The van der Waals surface area contributed by atoms with Crippen LogP contribution in [0.5, 0.6) is 0 Å². The first kappa shape index (κ1) is 23.2. The molecule has 1 spiro atoms. The summed E-state index contributed by atoms with van der Waals surface area (Å²) in [4.78, 5) is 42.2. The highest BCUT2D eigenvalue weighted by atomic mass is 32.2. The zero-order chi connectivity index (χ0) is 24.2. The van der Waals surface area contributed by atoms with Gasteiger partial charge in [0.2, 0.25) is 17.7 Å². The number of hydrogen-bond acceptors (Lipinski definition) is 5. The minimum atomic E-state index is -0.749. The lowest BCUT2D eigenvalue weighted by molar-refractivity contribution is -0.142. The summed E-state index contributed by atoms with van der Waals surface area (Å²) in [6.07, 6.45) is 1.50. The Labute approximate surface area is 203 Å². The number of rotatable bonds is 6. The molecule has 2 bridgehead atoms. The summed E-state index contributed by atoms with van der Waals surface area (Å²) in [7, 11) is 1.59. The predicted molar refractivity (Wildman–Crippen MR) is 133 cm³/mol. The number of benzene rings is 2. The monoisotopic (exact) mass is 481 g/mol. The normalized spacial score (nSPS) is 30.6. The van der Waals surface area contributed by atoms with E-state index in [0.29, 0.717) is 12.1 Å². The lowest BCUT2D eigenvalue weighted by atomic mass is 9.70. The van der Waals surface area contributed by atoms with Gasteiger partial charge in [-0.05, 0) is 41.7 Å². The zero-order valence-corrected chi connectivity index (χ0v) is 20.5. The average Bonchev–Trinajstić information content (AvgIpc) is 3.46. The van der Waals surface area contributed by atoms with E-state index in [9.17, 15) is 19.5 Å². The van der Waals surface area contributed by atoms with Gasteiger partial charge in [-0.2, -0.15) is 0 Å². The topological polar surface area (TPSA) is 98.7 Å². The SMILES string of the molecule is CNC(=O)[C@@H]1[C@@H]2CCC3(S2)C(C(=O)Nc2ccc4ccccc4c2)N([C@@H](CO)C(C)C)C(=O)[C@H]13. The van der Waals surface area contributed by atoms with Crippen molar-refractivity contribution in [1.82, 2.24) is 10.2 Å². The Hall–Kier alpha value is -2.58. The Balaban J connectivity index is 1.55. The van der Waals surface area contributed by atoms with Crippen LogP contribution < -0.4 is 10.6 Å². The molecule has 3 aliphatic rings. The van der Waals surface area contributed by atoms with Crippen LogP contribution in [-0.4, -0.2) is 63.5 Å². The van der Waals surface area contributed by atoms with Crippen LogP contribution in [0.2, 0.25) is 0 Å². The first-order valence-corrected chi connectivity index (χ1v) is 12.8. The molecule has 3 fully saturated rings. The number of fused-ring (bicyclic) bond motifs is 2. The standard InChI is InChI=1S/C26H31N3O4S/c1-14(2)18(13-30)29-22(24(32)28-17-9-8-15-6-4-5-7-16(15)12-17)26-11-10-19(34-26)20(23(31)27-3)21(26)25(29)33/h4-9,12,14,18-22,30H,10-11,13H2,1-3H3,(H,27,31)(H,28,32)/t18-,19-,20+,21-,22?,26?/m0/s1. The lowest BCUT2D eigenvalue weighted by Crippen LogP contribution is -2.56. The van der Waals surface area contributed by atoms with Crippen molar-refractivity contribution in [3.8, 4) is 0 Å². The third-order valence-electron chi connectivity index (χ3n) is 7.87. The summed E-state index contributed by atoms with van der Waals surface area (Å²) in [5, 5.41) is 18.1. The van der Waals surface area contributed by atoms with Gasteiger partial charge in [0.05, 0.1) is 29.2 Å². The highest BCUT2D eigenvalue weighted by Gasteiger charge is 2.74. The Morgan fingerprint density at radius 3 is 2.59 bits per heavy atom. The second kappa shape index (κ2) is 8.57. The van der Waals surface area contributed by atoms with Gasteiger partial charge in [0, 0.05) is 18.0 Å². The van der Waals surface area contributed by atoms with Crippen molar-refractivity contribution in [3.05, 3.63) is 42.5 Å². The molecule has 2 unspecified atom stereocenters. The summed E-state index contributed by atoms with van der Waals surface area (Å²) in [6, 6.07) is 12.5. The molecule has 3 amide bonds. The van der Waals surface area contributed by atoms with Gasteiger partial charge in [-0.15, -0.1) is 11.8 Å². The third-order valence-corrected chi connectivity index (χ3v) is 9.82. The van der Waals surface area contributed by atoms with Crippen LogP contribution in [0.1, 0.15) is 26.7 Å². The number of carbonyl (C=O) groups is 3. The van der Waals surface area contributed by atoms with E-state index in [4.69, 9.17) is 0 Å². The average molecular weight is 482 g/mol. The number of nitrogens with one attached hydrogen (secondary N) is 2. The molecule has 2 aromatic carbocycles. The number of thioether (sulfide) groups is 1. The first-order valence-electron chi connectivity index (χ1n) is 11.9. The van der Waals surface area contributed by atoms with E-state index in [2.05, 4.69) is 10.6 Å². The highest BCUT2D eigenvalue weighted by Crippen LogP contribution is 2.66. The maximum absolute atomic E-state index is 13.9. The molecule has 0 radical (unpaired) electrons. The Bertz CT molecular complexity index is 1150. The van der Waals surface area contributed by atoms with E-state index in [1.54, 1.807) is 23.7 Å². The molecule has 8 heteroatoms. The molecule has 6 atom stereocenters. The zero-order valence-electron chi connectivity index (χ0n) is 19.7. The number of aliphatic hydroxyl groups is 1. The van der Waals surface area contributed by atoms with Crippen molar-refractivity contribution < 1.29 is 19.5 Å². The van der Waals surface area contributed by atoms with Crippen LogP contribution >= 0.6 is 11.8 Å². The Morgan fingerprint density at radius 1 is 1.18 bits per heavy atom. The number of carbonyl (C=O) groups excluding carboxylic acids is 3. The van der Waals surface area contributed by atoms with Crippen molar-refractivity contribution in [3.63, 3.8) is 0 Å². The van der Waals surface area contributed by atoms with Gasteiger partial charge in [-0.25, -0.2) is 0 Å². The summed E-state index contributed by atoms with van der Waals surface area (Å²) < 4.78 is -0.665. The fourth-order valence-electron chi connectivity index (χ4n) is 6.31. The molecule has 0 aliphatic carbocycles. The van der Waals surface area contributed by atoms with Crippen LogP contribution in [0.15, 0.2) is 42.5 Å². The molecule has 180 valence electrons. The van der Waals surface area contributed by atoms with Gasteiger partial charge in [-0.3, -0.25) is 14.4 Å². The van der Waals surface area contributed by atoms with E-state index in [1.165, 1.54) is 0 Å². The molecule has 34 heavy (non-hydrogen) atoms. The molecule has 3 N–H and O–H groups in total. The first-order chi connectivity index (χ1) is 16.3. The number of aliphatic hydroxyl groups excluding tert-OH is 1. The minimum absolute atomic E-state index is 0.0265. The molecule has 7 nitrogen and oxygen atoms in total. The van der Waals surface area contributed by atoms with Crippen molar-refractivity contribution >= 4 is 45.9 Å². The van der Waals surface area contributed by atoms with Crippen molar-refractivity contribution in [1.29, 1.82) is 0 Å². The minimum Gasteiger partial charge on any atom is -0.394 e. The number of amides is 3. The molecule has 5 rings (SSSR count). The van der Waals surface area contributed by atoms with Crippen LogP contribution in [-0.2, 0) is 14.4 Å². The van der Waals surface area contributed by atoms with Crippen LogP contribution in [0, 0.1) is 17.8 Å². The number of nitrogens with zero attached hydrogens (tertiary/aromatic N) is 1. The van der Waals surface area contributed by atoms with Crippen LogP contribution in [0.25, 0.3) is 10.8 Å². The molecule has 2 aromatic rings. The van der Waals surface area contributed by atoms with Gasteiger partial charge < -0.3 is 20.6 Å². The summed E-state index contributed by atoms with van der Waals surface area (Å²) in [5.41, 5.74) is 0.668. The largest absolute Gasteiger partial charge is 0.394 e.